The molecule has 0 spiro atoms. The summed E-state index contributed by atoms with van der Waals surface area (Å²) in [6.45, 7) is 0.810. The highest BCUT2D eigenvalue weighted by Gasteiger charge is 2.31. The van der Waals surface area contributed by atoms with E-state index in [4.69, 9.17) is 23.2 Å². The Balaban J connectivity index is 1.79. The van der Waals surface area contributed by atoms with E-state index in [0.717, 1.165) is 0 Å². The Bertz CT molecular complexity index is 969. The maximum Gasteiger partial charge on any atom is 0.256 e. The second kappa shape index (κ2) is 8.14. The highest BCUT2D eigenvalue weighted by atomic mass is 35.5. The molecule has 0 bridgehead atoms. The minimum atomic E-state index is -3.86. The van der Waals surface area contributed by atoms with Crippen LogP contribution >= 0.6 is 23.2 Å². The summed E-state index contributed by atoms with van der Waals surface area (Å²) in [5.41, 5.74) is -0.0216. The number of carbonyl (C=O) groups is 1. The van der Waals surface area contributed by atoms with Crippen molar-refractivity contribution in [3.8, 4) is 0 Å². The second-order valence-electron chi connectivity index (χ2n) is 6.08. The quantitative estimate of drug-likeness (QED) is 0.746. The summed E-state index contributed by atoms with van der Waals surface area (Å²) in [5, 5.41) is 0.131. The topological polar surface area (TPSA) is 57.7 Å². The molecule has 1 fully saturated rings. The zero-order chi connectivity index (χ0) is 19.6. The van der Waals surface area contributed by atoms with Gasteiger partial charge in [-0.15, -0.1) is 0 Å². The predicted molar refractivity (Wildman–Crippen MR) is 102 cm³/mol. The Hall–Kier alpha value is -1.67. The van der Waals surface area contributed by atoms with Gasteiger partial charge in [-0.2, -0.15) is 4.31 Å². The average molecular weight is 431 g/mol. The Morgan fingerprint density at radius 1 is 0.963 bits per heavy atom. The first-order valence-corrected chi connectivity index (χ1v) is 10.5. The third kappa shape index (κ3) is 4.11. The van der Waals surface area contributed by atoms with Crippen LogP contribution in [0.25, 0.3) is 0 Å². The molecule has 1 saturated heterocycles. The van der Waals surface area contributed by atoms with Gasteiger partial charge in [-0.25, -0.2) is 12.8 Å². The van der Waals surface area contributed by atoms with Crippen molar-refractivity contribution in [2.45, 2.75) is 11.3 Å². The zero-order valence-electron chi connectivity index (χ0n) is 14.2. The summed E-state index contributed by atoms with van der Waals surface area (Å²) >= 11 is 12.0. The monoisotopic (exact) mass is 430 g/mol. The number of hydrogen-bond donors (Lipinski definition) is 0. The molecule has 0 aromatic heterocycles. The van der Waals surface area contributed by atoms with Crippen molar-refractivity contribution >= 4 is 39.1 Å². The molecule has 0 saturated carbocycles. The van der Waals surface area contributed by atoms with Gasteiger partial charge in [-0.3, -0.25) is 4.79 Å². The molecule has 0 unspecified atom stereocenters. The maximum atomic E-state index is 13.9. The Kier molecular flexibility index (Phi) is 6.05. The highest BCUT2D eigenvalue weighted by Crippen LogP contribution is 2.31. The second-order valence-corrected chi connectivity index (χ2v) is 8.77. The molecule has 3 rings (SSSR count). The number of sulfonamides is 1. The normalized spacial score (nSPS) is 16.2. The van der Waals surface area contributed by atoms with Gasteiger partial charge < -0.3 is 4.90 Å². The van der Waals surface area contributed by atoms with Crippen LogP contribution in [0.2, 0.25) is 10.0 Å². The van der Waals surface area contributed by atoms with Gasteiger partial charge in [0.2, 0.25) is 10.0 Å². The summed E-state index contributed by atoms with van der Waals surface area (Å²) < 4.78 is 41.0. The molecule has 1 amide bonds. The van der Waals surface area contributed by atoms with Gasteiger partial charge in [0, 0.05) is 26.2 Å². The van der Waals surface area contributed by atoms with Crippen LogP contribution < -0.4 is 0 Å². The van der Waals surface area contributed by atoms with Gasteiger partial charge in [-0.05, 0) is 30.7 Å². The molecule has 0 atom stereocenters. The average Bonchev–Trinajstić information content (AvgIpc) is 2.90. The van der Waals surface area contributed by atoms with Gasteiger partial charge in [0.15, 0.2) is 0 Å². The zero-order valence-corrected chi connectivity index (χ0v) is 16.6. The molecule has 0 N–H and O–H groups in total. The Labute approximate surface area is 167 Å². The van der Waals surface area contributed by atoms with Gasteiger partial charge >= 0.3 is 0 Å². The molecule has 2 aromatic carbocycles. The SMILES string of the molecule is O=C(c1ccccc1F)N1CCCN(S(=O)(=O)c2cccc(Cl)c2Cl)CC1. The standard InChI is InChI=1S/C18H17Cl2FN2O3S/c19-14-6-3-8-16(17(14)20)27(25,26)23-10-4-9-22(11-12-23)18(24)13-5-1-2-7-15(13)21/h1-3,5-8H,4,9-12H2. The lowest BCUT2D eigenvalue weighted by Gasteiger charge is -2.22. The minimum Gasteiger partial charge on any atom is -0.337 e. The van der Waals surface area contributed by atoms with E-state index in [1.165, 1.54) is 45.6 Å². The molecule has 9 heteroatoms. The molecule has 1 aliphatic rings. The molecule has 2 aromatic rings. The van der Waals surface area contributed by atoms with Gasteiger partial charge in [-0.1, -0.05) is 41.4 Å². The molecule has 1 aliphatic heterocycles. The number of rotatable bonds is 3. The van der Waals surface area contributed by atoms with Crippen molar-refractivity contribution in [1.82, 2.24) is 9.21 Å². The largest absolute Gasteiger partial charge is 0.337 e. The van der Waals surface area contributed by atoms with Crippen LogP contribution in [-0.2, 0) is 10.0 Å². The van der Waals surface area contributed by atoms with Crippen LogP contribution in [0.4, 0.5) is 4.39 Å². The summed E-state index contributed by atoms with van der Waals surface area (Å²) in [7, 11) is -3.86. The molecule has 5 nitrogen and oxygen atoms in total. The lowest BCUT2D eigenvalue weighted by atomic mass is 10.2. The van der Waals surface area contributed by atoms with Crippen molar-refractivity contribution in [2.24, 2.45) is 0 Å². The molecule has 0 aliphatic carbocycles. The minimum absolute atomic E-state index is 0.0216. The predicted octanol–water partition coefficient (Wildman–Crippen LogP) is 3.67. The first kappa shape index (κ1) is 20.1. The van der Waals surface area contributed by atoms with E-state index in [1.807, 2.05) is 0 Å². The molecule has 0 radical (unpaired) electrons. The van der Waals surface area contributed by atoms with E-state index in [2.05, 4.69) is 0 Å². The molecule has 144 valence electrons. The number of carbonyl (C=O) groups excluding carboxylic acids is 1. The summed E-state index contributed by atoms with van der Waals surface area (Å²) in [4.78, 5) is 14.0. The fourth-order valence-corrected chi connectivity index (χ4v) is 5.17. The van der Waals surface area contributed by atoms with E-state index in [1.54, 1.807) is 6.07 Å². The summed E-state index contributed by atoms with van der Waals surface area (Å²) in [6, 6.07) is 10.2. The van der Waals surface area contributed by atoms with Crippen LogP contribution in [-0.4, -0.2) is 49.7 Å². The first-order valence-electron chi connectivity index (χ1n) is 8.30. The maximum absolute atomic E-state index is 13.9. The molecular weight excluding hydrogens is 414 g/mol. The van der Waals surface area contributed by atoms with E-state index in [9.17, 15) is 17.6 Å². The number of amides is 1. The third-order valence-corrected chi connectivity index (χ3v) is 7.25. The van der Waals surface area contributed by atoms with Gasteiger partial charge in [0.05, 0.1) is 15.6 Å². The van der Waals surface area contributed by atoms with Crippen molar-refractivity contribution < 1.29 is 17.6 Å². The van der Waals surface area contributed by atoms with Crippen LogP contribution in [0.1, 0.15) is 16.8 Å². The first-order chi connectivity index (χ1) is 12.8. The van der Waals surface area contributed by atoms with Gasteiger partial charge in [0.1, 0.15) is 10.7 Å². The van der Waals surface area contributed by atoms with Crippen LogP contribution in [0.15, 0.2) is 47.4 Å². The van der Waals surface area contributed by atoms with E-state index >= 15 is 0 Å². The van der Waals surface area contributed by atoms with E-state index in [-0.39, 0.29) is 40.1 Å². The molecule has 27 heavy (non-hydrogen) atoms. The Morgan fingerprint density at radius 2 is 1.70 bits per heavy atom. The smallest absolute Gasteiger partial charge is 0.256 e. The van der Waals surface area contributed by atoms with Crippen LogP contribution in [0, 0.1) is 5.82 Å². The van der Waals surface area contributed by atoms with Crippen LogP contribution in [0.3, 0.4) is 0 Å². The number of halogens is 3. The van der Waals surface area contributed by atoms with Crippen LogP contribution in [0.5, 0.6) is 0 Å². The molecule has 1 heterocycles. The summed E-state index contributed by atoms with van der Waals surface area (Å²) in [5.74, 6) is -1.05. The lowest BCUT2D eigenvalue weighted by molar-refractivity contribution is 0.0759. The van der Waals surface area contributed by atoms with E-state index in [0.29, 0.717) is 13.0 Å². The highest BCUT2D eigenvalue weighted by molar-refractivity contribution is 7.89. The van der Waals surface area contributed by atoms with Gasteiger partial charge in [0.25, 0.3) is 5.91 Å². The fourth-order valence-electron chi connectivity index (χ4n) is 2.96. The van der Waals surface area contributed by atoms with Crippen molar-refractivity contribution in [2.75, 3.05) is 26.2 Å². The number of hydrogen-bond acceptors (Lipinski definition) is 3. The van der Waals surface area contributed by atoms with Crippen molar-refractivity contribution in [1.29, 1.82) is 0 Å². The van der Waals surface area contributed by atoms with Crippen molar-refractivity contribution in [3.63, 3.8) is 0 Å². The molecular formula is C18H17Cl2FN2O3S. The summed E-state index contributed by atoms with van der Waals surface area (Å²) in [6.07, 6.45) is 0.428. The van der Waals surface area contributed by atoms with E-state index < -0.39 is 21.7 Å². The fraction of sp³-hybridized carbons (Fsp3) is 0.278. The third-order valence-electron chi connectivity index (χ3n) is 4.38. The Morgan fingerprint density at radius 3 is 2.44 bits per heavy atom. The van der Waals surface area contributed by atoms with Crippen molar-refractivity contribution in [3.05, 3.63) is 63.9 Å². The lowest BCUT2D eigenvalue weighted by Crippen LogP contribution is -2.37. The number of nitrogens with zero attached hydrogens (tertiary/aromatic N) is 2. The number of benzene rings is 2.